The van der Waals surface area contributed by atoms with Crippen molar-refractivity contribution in [3.05, 3.63) is 150 Å². The van der Waals surface area contributed by atoms with E-state index in [2.05, 4.69) is 275 Å². The van der Waals surface area contributed by atoms with Gasteiger partial charge < -0.3 is 48.8 Å². The monoisotopic (exact) mass is 1650 g/mol. The average molecular weight is 1650 g/mol. The van der Waals surface area contributed by atoms with Crippen molar-refractivity contribution in [3.63, 3.8) is 0 Å². The second-order valence-electron chi connectivity index (χ2n) is 49.7. The van der Waals surface area contributed by atoms with E-state index in [0.717, 1.165) is 132 Å². The Morgan fingerprint density at radius 3 is 0.783 bits per heavy atom. The van der Waals surface area contributed by atoms with Gasteiger partial charge in [-0.1, -0.05) is 244 Å². The van der Waals surface area contributed by atoms with Crippen LogP contribution in [0, 0.1) is 54.3 Å². The number of hydrogen-bond donors (Lipinski definition) is 4. The van der Waals surface area contributed by atoms with Gasteiger partial charge in [-0.3, -0.25) is 0 Å². The predicted molar refractivity (Wildman–Crippen MR) is 499 cm³/mol. The second-order valence-corrected chi connectivity index (χ2v) is 49.7. The van der Waals surface area contributed by atoms with Crippen LogP contribution in [0.15, 0.2) is 60.7 Å². The largest absolute Gasteiger partial charge is 0.507 e. The molecule has 10 aliphatic rings. The zero-order chi connectivity index (χ0) is 88.5. The smallest absolute Gasteiger partial charge is 0.183 e. The lowest BCUT2D eigenvalue weighted by atomic mass is 9.73. The maximum absolute atomic E-state index is 10.9. The lowest BCUT2D eigenvalue weighted by molar-refractivity contribution is -0.208. The molecule has 4 heterocycles. The zero-order valence-corrected chi connectivity index (χ0v) is 81.6. The van der Waals surface area contributed by atoms with Crippen LogP contribution in [-0.2, 0) is 82.6 Å². The molecule has 4 N–H and O–H groups in total. The highest BCUT2D eigenvalue weighted by molar-refractivity contribution is 5.55. The van der Waals surface area contributed by atoms with Crippen molar-refractivity contribution in [1.82, 2.24) is 0 Å². The van der Waals surface area contributed by atoms with Gasteiger partial charge in [0.05, 0.1) is 51.8 Å². The molecule has 4 unspecified atom stereocenters. The van der Waals surface area contributed by atoms with E-state index in [1.54, 1.807) is 0 Å². The van der Waals surface area contributed by atoms with Gasteiger partial charge in [-0.25, -0.2) is 0 Å². The molecule has 670 valence electrons. The van der Waals surface area contributed by atoms with E-state index >= 15 is 0 Å². The molecule has 0 bridgehead atoms. The highest BCUT2D eigenvalue weighted by Crippen LogP contribution is 2.53. The quantitative estimate of drug-likeness (QED) is 0.107. The molecule has 4 aliphatic heterocycles. The van der Waals surface area contributed by atoms with Crippen LogP contribution in [0.5, 0.6) is 23.0 Å². The van der Waals surface area contributed by atoms with Gasteiger partial charge in [0.2, 0.25) is 0 Å². The van der Waals surface area contributed by atoms with Crippen LogP contribution in [-0.4, -0.2) is 72.5 Å². The van der Waals surface area contributed by atoms with Gasteiger partial charge in [-0.15, -0.1) is 0 Å². The van der Waals surface area contributed by atoms with Gasteiger partial charge in [0.1, 0.15) is 23.0 Å². The van der Waals surface area contributed by atoms with E-state index in [1.807, 2.05) is 0 Å². The molecule has 15 rings (SSSR count). The summed E-state index contributed by atoms with van der Waals surface area (Å²) in [6, 6.07) is 22.4. The molecule has 0 aromatic heterocycles. The third-order valence-corrected chi connectivity index (χ3v) is 28.4. The van der Waals surface area contributed by atoms with Crippen molar-refractivity contribution in [2.45, 2.75) is 427 Å². The Morgan fingerprint density at radius 2 is 0.475 bits per heavy atom. The van der Waals surface area contributed by atoms with Crippen molar-refractivity contribution < 1.29 is 48.8 Å². The highest BCUT2D eigenvalue weighted by Gasteiger charge is 2.43. The molecule has 120 heavy (non-hydrogen) atoms. The molecule has 5 aromatic carbocycles. The lowest BCUT2D eigenvalue weighted by Crippen LogP contribution is -2.32. The van der Waals surface area contributed by atoms with E-state index in [9.17, 15) is 20.4 Å². The van der Waals surface area contributed by atoms with Crippen molar-refractivity contribution in [2.75, 3.05) is 39.6 Å². The Kier molecular flexibility index (Phi) is 29.1. The van der Waals surface area contributed by atoms with Crippen LogP contribution in [0.2, 0.25) is 0 Å². The van der Waals surface area contributed by atoms with Gasteiger partial charge in [-0.2, -0.15) is 0 Å². The fraction of sp³-hybridized carbons (Fsp3) is 0.727. The molecule has 10 fully saturated rings. The van der Waals surface area contributed by atoms with Crippen LogP contribution in [0.3, 0.4) is 0 Å². The number of ether oxygens (including phenoxy) is 6. The Hall–Kier alpha value is -4.94. The molecule has 0 spiro atoms. The minimum absolute atomic E-state index is 0.0225. The lowest BCUT2D eigenvalue weighted by Gasteiger charge is -2.34. The summed E-state index contributed by atoms with van der Waals surface area (Å²) in [6.07, 6.45) is 24.4. The molecular formula is C110H170O10. The number of phenolic OH excluding ortho intramolecular Hbond substituents is 4. The van der Waals surface area contributed by atoms with Crippen LogP contribution >= 0.6 is 0 Å². The van der Waals surface area contributed by atoms with Crippen LogP contribution < -0.4 is 0 Å². The number of phenols is 4. The Labute approximate surface area is 731 Å². The third-order valence-electron chi connectivity index (χ3n) is 28.4. The Bertz CT molecular complexity index is 3420. The minimum atomic E-state index is -0.317. The molecule has 0 radical (unpaired) electrons. The fourth-order valence-electron chi connectivity index (χ4n) is 19.8. The molecule has 4 saturated heterocycles. The standard InChI is InChI=1S/C23H36O.3C22H34O2.C21H32O3/c1-22(2,3)19-13-18(14-20(21(19)24)23(4,5)6)17-11-9-16(10-12-17)15-7-8-15;1-14-18(21(2,3)4)10-16(11-19(14)22(5,6)7)17-12-23-20(24-13-17)15-8-9-15;1-21(2,3)17-11-16(12-18(20(17)23)22(4,5)6)15-9-10-19(24-13-15)14-7-8-14;1-21(2,3)17-11-16(12-18(20(17)23)22(4,5)6)19-10-9-15(13-24-19)14-7-8-14;1-20(2,3)16-9-14(10-17(18(16)22)21(4,5)6)19-23-11-15(12-24-19)13-7-8-13/h13-17,24H,7-12H2,1-6H3;10-11,15,17,20H,8-9,12-13H2,1-7H3;2*11-12,14-15,19,23H,7-10,13H2,1-6H3;9-10,13,15,19,22H,7-8,11-12H2,1-6H3. The van der Waals surface area contributed by atoms with E-state index in [1.165, 1.54) is 148 Å². The summed E-state index contributed by atoms with van der Waals surface area (Å²) >= 11 is 0. The van der Waals surface area contributed by atoms with E-state index < -0.39 is 0 Å². The van der Waals surface area contributed by atoms with Crippen LogP contribution in [0.4, 0.5) is 0 Å². The van der Waals surface area contributed by atoms with Crippen molar-refractivity contribution >= 4 is 0 Å². The number of benzene rings is 5. The van der Waals surface area contributed by atoms with Crippen molar-refractivity contribution in [2.24, 2.45) is 47.3 Å². The van der Waals surface area contributed by atoms with Gasteiger partial charge in [-0.05, 0) is 326 Å². The van der Waals surface area contributed by atoms with Gasteiger partial charge in [0.25, 0.3) is 0 Å². The first-order valence-electron chi connectivity index (χ1n) is 47.7. The van der Waals surface area contributed by atoms with E-state index in [-0.39, 0.29) is 72.8 Å². The van der Waals surface area contributed by atoms with Crippen molar-refractivity contribution in [3.8, 4) is 23.0 Å². The molecule has 6 saturated carbocycles. The summed E-state index contributed by atoms with van der Waals surface area (Å²) in [7, 11) is 0. The average Bonchev–Trinajstić information content (AvgIpc) is 1.12. The molecule has 4 atom stereocenters. The van der Waals surface area contributed by atoms with Crippen LogP contribution in [0.25, 0.3) is 0 Å². The van der Waals surface area contributed by atoms with Gasteiger partial charge >= 0.3 is 0 Å². The highest BCUT2D eigenvalue weighted by atomic mass is 16.7. The normalized spacial score (nSPS) is 25.8. The molecule has 6 aliphatic carbocycles. The summed E-state index contributed by atoms with van der Waals surface area (Å²) < 4.78 is 36.6. The fourth-order valence-corrected chi connectivity index (χ4v) is 19.8. The summed E-state index contributed by atoms with van der Waals surface area (Å²) in [6.45, 7) is 73.1. The molecule has 5 aromatic rings. The van der Waals surface area contributed by atoms with Crippen molar-refractivity contribution in [1.29, 1.82) is 0 Å². The summed E-state index contributed by atoms with van der Waals surface area (Å²) in [5, 5.41) is 43.5. The Balaban J connectivity index is 0.000000147. The predicted octanol–water partition coefficient (Wildman–Crippen LogP) is 28.7. The first kappa shape index (κ1) is 95.7. The van der Waals surface area contributed by atoms with E-state index in [4.69, 9.17) is 28.4 Å². The number of rotatable bonds is 10. The van der Waals surface area contributed by atoms with Crippen LogP contribution in [0.1, 0.15) is 442 Å². The first-order valence-corrected chi connectivity index (χ1v) is 47.7. The van der Waals surface area contributed by atoms with E-state index in [0.29, 0.717) is 58.7 Å². The van der Waals surface area contributed by atoms with Gasteiger partial charge in [0, 0.05) is 29.2 Å². The zero-order valence-electron chi connectivity index (χ0n) is 81.6. The topological polar surface area (TPSA) is 136 Å². The maximum atomic E-state index is 10.9. The second kappa shape index (κ2) is 36.4. The number of aromatic hydroxyl groups is 4. The SMILES string of the molecule is CC(C)(C)c1cc(C2CCC(C3CC3)CC2)cc(C(C)(C)C)c1O.CC(C)(C)c1cc(C2CCC(C3CC3)CO2)cc(C(C)(C)C)c1O.CC(C)(C)c1cc(C2CCC(C3CC3)OC2)cc(C(C)(C)C)c1O.CC(C)(C)c1cc(C2OCC(C3CC3)CO2)cc(C(C)(C)C)c1O.Cc1c(C(C)(C)C)cc(C2COC(C3CC3)OC2)cc1C(C)(C)C. The minimum Gasteiger partial charge on any atom is -0.507 e. The molecule has 10 nitrogen and oxygen atoms in total. The first-order chi connectivity index (χ1) is 55.4. The molecule has 10 heteroatoms. The maximum Gasteiger partial charge on any atom is 0.183 e. The summed E-state index contributed by atoms with van der Waals surface area (Å²) in [5.74, 6) is 9.98. The number of hydrogen-bond acceptors (Lipinski definition) is 10. The molecular weight excluding hydrogens is 1480 g/mol. The summed E-state index contributed by atoms with van der Waals surface area (Å²) in [5.41, 5.74) is 18.9. The van der Waals surface area contributed by atoms with Gasteiger partial charge in [0.15, 0.2) is 12.6 Å². The Morgan fingerprint density at radius 1 is 0.217 bits per heavy atom. The molecule has 0 amide bonds. The summed E-state index contributed by atoms with van der Waals surface area (Å²) in [4.78, 5) is 0. The third kappa shape index (κ3) is 24.6.